The summed E-state index contributed by atoms with van der Waals surface area (Å²) in [4.78, 5) is 12.4. The van der Waals surface area contributed by atoms with Crippen molar-refractivity contribution >= 4 is 15.9 Å². The van der Waals surface area contributed by atoms with Gasteiger partial charge in [-0.15, -0.1) is 0 Å². The van der Waals surface area contributed by atoms with Crippen molar-refractivity contribution in [2.24, 2.45) is 0 Å². The van der Waals surface area contributed by atoms with E-state index in [1.165, 1.54) is 23.3 Å². The molecular weight excluding hydrogens is 388 g/mol. The van der Waals surface area contributed by atoms with Crippen LogP contribution in [0.5, 0.6) is 5.75 Å². The normalized spacial score (nSPS) is 12.4. The van der Waals surface area contributed by atoms with Gasteiger partial charge in [-0.05, 0) is 80.6 Å². The summed E-state index contributed by atoms with van der Waals surface area (Å²) in [6, 6.07) is 10.1. The Morgan fingerprint density at radius 3 is 2.28 bits per heavy atom. The van der Waals surface area contributed by atoms with Crippen molar-refractivity contribution in [1.82, 2.24) is 10.0 Å². The van der Waals surface area contributed by atoms with E-state index in [9.17, 15) is 13.2 Å². The lowest BCUT2D eigenvalue weighted by Gasteiger charge is -2.18. The number of hydrogen-bond acceptors (Lipinski definition) is 4. The van der Waals surface area contributed by atoms with Crippen LogP contribution < -0.4 is 14.8 Å². The smallest absolute Gasteiger partial charge is 0.258 e. The van der Waals surface area contributed by atoms with Gasteiger partial charge in [0.2, 0.25) is 10.0 Å². The van der Waals surface area contributed by atoms with Crippen molar-refractivity contribution in [1.29, 1.82) is 0 Å². The molecule has 0 radical (unpaired) electrons. The minimum absolute atomic E-state index is 0.137. The molecule has 158 valence electrons. The van der Waals surface area contributed by atoms with E-state index >= 15 is 0 Å². The number of nitrogens with one attached hydrogen (secondary N) is 2. The third-order valence-electron chi connectivity index (χ3n) is 4.77. The molecular formula is C22H30N2O4S. The van der Waals surface area contributed by atoms with Gasteiger partial charge in [-0.3, -0.25) is 4.79 Å². The summed E-state index contributed by atoms with van der Waals surface area (Å²) in [5.41, 5.74) is 4.63. The first kappa shape index (κ1) is 22.9. The highest BCUT2D eigenvalue weighted by Gasteiger charge is 2.15. The molecule has 2 aromatic rings. The van der Waals surface area contributed by atoms with Crippen LogP contribution in [0, 0.1) is 20.8 Å². The molecule has 6 nitrogen and oxygen atoms in total. The molecule has 0 aliphatic rings. The van der Waals surface area contributed by atoms with E-state index in [0.29, 0.717) is 12.3 Å². The predicted octanol–water partition coefficient (Wildman–Crippen LogP) is 3.56. The van der Waals surface area contributed by atoms with Crippen LogP contribution >= 0.6 is 0 Å². The molecule has 0 bridgehead atoms. The van der Waals surface area contributed by atoms with Gasteiger partial charge in [0.05, 0.1) is 10.9 Å². The number of carbonyl (C=O) groups is 1. The lowest BCUT2D eigenvalue weighted by atomic mass is 9.96. The molecule has 1 amide bonds. The number of amides is 1. The van der Waals surface area contributed by atoms with Crippen molar-refractivity contribution in [3.05, 3.63) is 58.7 Å². The van der Waals surface area contributed by atoms with Crippen molar-refractivity contribution in [2.45, 2.75) is 52.0 Å². The largest absolute Gasteiger partial charge is 0.484 e. The summed E-state index contributed by atoms with van der Waals surface area (Å²) in [5, 5.41) is 2.94. The lowest BCUT2D eigenvalue weighted by molar-refractivity contribution is -0.123. The molecule has 1 atom stereocenters. The van der Waals surface area contributed by atoms with Gasteiger partial charge in [-0.1, -0.05) is 19.1 Å². The van der Waals surface area contributed by atoms with Gasteiger partial charge in [-0.25, -0.2) is 13.1 Å². The Labute approximate surface area is 173 Å². The summed E-state index contributed by atoms with van der Waals surface area (Å²) >= 11 is 0. The van der Waals surface area contributed by atoms with E-state index in [4.69, 9.17) is 4.74 Å². The Morgan fingerprint density at radius 1 is 1.03 bits per heavy atom. The number of benzene rings is 2. The van der Waals surface area contributed by atoms with E-state index < -0.39 is 10.0 Å². The minimum Gasteiger partial charge on any atom is -0.484 e. The number of hydrogen-bond donors (Lipinski definition) is 2. The molecule has 2 N–H and O–H groups in total. The maximum absolute atomic E-state index is 12.3. The predicted molar refractivity (Wildman–Crippen MR) is 115 cm³/mol. The molecule has 0 aliphatic heterocycles. The third kappa shape index (κ3) is 6.30. The van der Waals surface area contributed by atoms with Crippen LogP contribution in [-0.2, 0) is 14.8 Å². The van der Waals surface area contributed by atoms with Gasteiger partial charge >= 0.3 is 0 Å². The summed E-state index contributed by atoms with van der Waals surface area (Å²) in [6.07, 6.45) is 0.718. The maximum Gasteiger partial charge on any atom is 0.258 e. The number of sulfonamides is 1. The zero-order valence-corrected chi connectivity index (χ0v) is 18.5. The fraction of sp³-hybridized carbons (Fsp3) is 0.409. The number of aryl methyl sites for hydroxylation is 3. The standard InChI is InChI=1S/C22H30N2O4S/c1-6-11-23-29(26,27)20-9-7-19(8-10-20)28-14-22(25)24-18(5)21-13-16(3)15(2)12-17(21)4/h7-10,12-13,18,23H,6,11,14H2,1-5H3,(H,24,25)/t18-/m1/s1. The van der Waals surface area contributed by atoms with Crippen LogP contribution in [0.2, 0.25) is 0 Å². The van der Waals surface area contributed by atoms with Crippen LogP contribution in [0.15, 0.2) is 41.3 Å². The van der Waals surface area contributed by atoms with Crippen LogP contribution in [0.25, 0.3) is 0 Å². The quantitative estimate of drug-likeness (QED) is 0.652. The van der Waals surface area contributed by atoms with Crippen LogP contribution in [0.4, 0.5) is 0 Å². The topological polar surface area (TPSA) is 84.5 Å². The van der Waals surface area contributed by atoms with Gasteiger partial charge in [0.25, 0.3) is 5.91 Å². The first-order valence-electron chi connectivity index (χ1n) is 9.73. The Morgan fingerprint density at radius 2 is 1.66 bits per heavy atom. The van der Waals surface area contributed by atoms with Crippen molar-refractivity contribution in [3.63, 3.8) is 0 Å². The molecule has 7 heteroatoms. The summed E-state index contributed by atoms with van der Waals surface area (Å²) in [5.74, 6) is 0.195. The van der Waals surface area contributed by atoms with Gasteiger partial charge in [0, 0.05) is 6.54 Å². The molecule has 0 aliphatic carbocycles. The van der Waals surface area contributed by atoms with Gasteiger partial charge in [0.1, 0.15) is 5.75 Å². The highest BCUT2D eigenvalue weighted by Crippen LogP contribution is 2.22. The second kappa shape index (κ2) is 9.89. The molecule has 0 saturated heterocycles. The molecule has 0 spiro atoms. The monoisotopic (exact) mass is 418 g/mol. The Kier molecular flexibility index (Phi) is 7.81. The SMILES string of the molecule is CCCNS(=O)(=O)c1ccc(OCC(=O)N[C@H](C)c2cc(C)c(C)cc2C)cc1. The zero-order chi connectivity index (χ0) is 21.6. The van der Waals surface area contributed by atoms with Crippen LogP contribution in [0.3, 0.4) is 0 Å². The van der Waals surface area contributed by atoms with E-state index in [1.807, 2.05) is 20.8 Å². The average molecular weight is 419 g/mol. The number of carbonyl (C=O) groups excluding carboxylic acids is 1. The van der Waals surface area contributed by atoms with E-state index in [0.717, 1.165) is 17.5 Å². The van der Waals surface area contributed by atoms with Gasteiger partial charge in [-0.2, -0.15) is 0 Å². The fourth-order valence-corrected chi connectivity index (χ4v) is 4.13. The summed E-state index contributed by atoms with van der Waals surface area (Å²) < 4.78 is 32.2. The maximum atomic E-state index is 12.3. The number of rotatable bonds is 9. The second-order valence-corrected chi connectivity index (χ2v) is 9.01. The second-order valence-electron chi connectivity index (χ2n) is 7.24. The van der Waals surface area contributed by atoms with Crippen molar-refractivity contribution in [2.75, 3.05) is 13.2 Å². The highest BCUT2D eigenvalue weighted by molar-refractivity contribution is 7.89. The average Bonchev–Trinajstić information content (AvgIpc) is 2.68. The lowest BCUT2D eigenvalue weighted by Crippen LogP contribution is -2.31. The zero-order valence-electron chi connectivity index (χ0n) is 17.7. The fourth-order valence-electron chi connectivity index (χ4n) is 2.99. The molecule has 0 aromatic heterocycles. The summed E-state index contributed by atoms with van der Waals surface area (Å²) in [6.45, 7) is 10.2. The molecule has 2 rings (SSSR count). The highest BCUT2D eigenvalue weighted by atomic mass is 32.2. The molecule has 29 heavy (non-hydrogen) atoms. The molecule has 2 aromatic carbocycles. The van der Waals surface area contributed by atoms with E-state index in [1.54, 1.807) is 12.1 Å². The van der Waals surface area contributed by atoms with Crippen molar-refractivity contribution in [3.8, 4) is 5.75 Å². The molecule has 0 saturated carbocycles. The van der Waals surface area contributed by atoms with Gasteiger partial charge < -0.3 is 10.1 Å². The van der Waals surface area contributed by atoms with Crippen LogP contribution in [-0.4, -0.2) is 27.5 Å². The van der Waals surface area contributed by atoms with Crippen molar-refractivity contribution < 1.29 is 17.9 Å². The Bertz CT molecular complexity index is 954. The Balaban J connectivity index is 1.93. The third-order valence-corrected chi connectivity index (χ3v) is 6.25. The first-order chi connectivity index (χ1) is 13.6. The molecule has 0 heterocycles. The van der Waals surface area contributed by atoms with Gasteiger partial charge in [0.15, 0.2) is 6.61 Å². The molecule has 0 unspecified atom stereocenters. The molecule has 0 fully saturated rings. The summed E-state index contributed by atoms with van der Waals surface area (Å²) in [7, 11) is -3.51. The Hall–Kier alpha value is -2.38. The van der Waals surface area contributed by atoms with E-state index in [-0.39, 0.29) is 23.5 Å². The van der Waals surface area contributed by atoms with Crippen LogP contribution in [0.1, 0.15) is 48.6 Å². The van der Waals surface area contributed by atoms with E-state index in [2.05, 4.69) is 36.0 Å². The minimum atomic E-state index is -3.51. The first-order valence-corrected chi connectivity index (χ1v) is 11.2. The number of ether oxygens (including phenoxy) is 1.